The number of oxime groups is 1. The van der Waals surface area contributed by atoms with E-state index in [9.17, 15) is 4.79 Å². The summed E-state index contributed by atoms with van der Waals surface area (Å²) in [6.45, 7) is 2.50. The standard InChI is InChI=1S/C14H21N3O4/c1-10(8-20-2)7-14(18)16-11-3-5-12(6-4-11)21-9-13(15)17-19/h3-6,10,19H,7-9H2,1-2H3,(H2,15,17)(H,16,18). The lowest BCUT2D eigenvalue weighted by molar-refractivity contribution is -0.117. The molecule has 0 bridgehead atoms. The van der Waals surface area contributed by atoms with Crippen LogP contribution in [0.5, 0.6) is 5.75 Å². The van der Waals surface area contributed by atoms with E-state index in [1.807, 2.05) is 6.92 Å². The minimum absolute atomic E-state index is 0.00324. The molecular weight excluding hydrogens is 274 g/mol. The molecule has 1 aromatic carbocycles. The molecule has 1 atom stereocenters. The van der Waals surface area contributed by atoms with Gasteiger partial charge in [0.15, 0.2) is 5.84 Å². The second kappa shape index (κ2) is 8.80. The lowest BCUT2D eigenvalue weighted by atomic mass is 10.1. The number of hydrogen-bond donors (Lipinski definition) is 3. The SMILES string of the molecule is COCC(C)CC(=O)Nc1ccc(OC/C(N)=N/O)cc1. The van der Waals surface area contributed by atoms with Gasteiger partial charge < -0.3 is 25.7 Å². The van der Waals surface area contributed by atoms with Gasteiger partial charge in [-0.25, -0.2) is 0 Å². The summed E-state index contributed by atoms with van der Waals surface area (Å²) in [6.07, 6.45) is 0.398. The van der Waals surface area contributed by atoms with E-state index in [1.54, 1.807) is 31.4 Å². The first-order valence-corrected chi connectivity index (χ1v) is 6.53. The Morgan fingerprint density at radius 3 is 2.67 bits per heavy atom. The number of carbonyl (C=O) groups is 1. The predicted molar refractivity (Wildman–Crippen MR) is 79.6 cm³/mol. The molecule has 1 aromatic rings. The fourth-order valence-corrected chi connectivity index (χ4v) is 1.69. The molecule has 116 valence electrons. The maximum Gasteiger partial charge on any atom is 0.224 e. The van der Waals surface area contributed by atoms with Crippen LogP contribution in [0.3, 0.4) is 0 Å². The van der Waals surface area contributed by atoms with Crippen LogP contribution in [0.25, 0.3) is 0 Å². The third kappa shape index (κ3) is 6.62. The van der Waals surface area contributed by atoms with Crippen molar-refractivity contribution in [2.24, 2.45) is 16.8 Å². The van der Waals surface area contributed by atoms with Crippen LogP contribution in [-0.4, -0.2) is 37.3 Å². The molecule has 1 unspecified atom stereocenters. The van der Waals surface area contributed by atoms with Gasteiger partial charge in [0.1, 0.15) is 12.4 Å². The van der Waals surface area contributed by atoms with Crippen molar-refractivity contribution in [3.05, 3.63) is 24.3 Å². The zero-order valence-corrected chi connectivity index (χ0v) is 12.2. The fourth-order valence-electron chi connectivity index (χ4n) is 1.69. The topological polar surface area (TPSA) is 106 Å². The Kier molecular flexibility index (Phi) is 7.03. The number of carbonyl (C=O) groups excluding carboxylic acids is 1. The number of anilines is 1. The Labute approximate surface area is 123 Å². The Bertz CT molecular complexity index is 474. The lowest BCUT2D eigenvalue weighted by Gasteiger charge is -2.11. The Balaban J connectivity index is 2.45. The largest absolute Gasteiger partial charge is 0.486 e. The highest BCUT2D eigenvalue weighted by molar-refractivity contribution is 5.90. The van der Waals surface area contributed by atoms with E-state index >= 15 is 0 Å². The third-order valence-corrected chi connectivity index (χ3v) is 2.64. The number of ether oxygens (including phenoxy) is 2. The van der Waals surface area contributed by atoms with E-state index in [2.05, 4.69) is 10.5 Å². The Morgan fingerprint density at radius 2 is 2.10 bits per heavy atom. The van der Waals surface area contributed by atoms with Crippen molar-refractivity contribution in [1.29, 1.82) is 0 Å². The normalized spacial score (nSPS) is 12.8. The van der Waals surface area contributed by atoms with E-state index in [1.165, 1.54) is 0 Å². The summed E-state index contributed by atoms with van der Waals surface area (Å²) in [5.41, 5.74) is 5.98. The number of nitrogens with zero attached hydrogens (tertiary/aromatic N) is 1. The number of methoxy groups -OCH3 is 1. The molecule has 0 aliphatic rings. The van der Waals surface area contributed by atoms with Crippen LogP contribution in [0.4, 0.5) is 5.69 Å². The highest BCUT2D eigenvalue weighted by Crippen LogP contribution is 2.16. The molecule has 7 nitrogen and oxygen atoms in total. The van der Waals surface area contributed by atoms with Crippen LogP contribution in [0.1, 0.15) is 13.3 Å². The third-order valence-electron chi connectivity index (χ3n) is 2.64. The second-order valence-corrected chi connectivity index (χ2v) is 4.72. The predicted octanol–water partition coefficient (Wildman–Crippen LogP) is 1.42. The highest BCUT2D eigenvalue weighted by atomic mass is 16.5. The molecule has 0 heterocycles. The first kappa shape index (κ1) is 16.8. The van der Waals surface area contributed by atoms with Gasteiger partial charge in [-0.3, -0.25) is 4.79 Å². The first-order valence-electron chi connectivity index (χ1n) is 6.53. The molecule has 0 saturated heterocycles. The first-order chi connectivity index (χ1) is 10.0. The molecule has 4 N–H and O–H groups in total. The summed E-state index contributed by atoms with van der Waals surface area (Å²) in [7, 11) is 1.61. The monoisotopic (exact) mass is 295 g/mol. The molecule has 0 fully saturated rings. The van der Waals surface area contributed by atoms with Gasteiger partial charge in [0.25, 0.3) is 0 Å². The summed E-state index contributed by atoms with van der Waals surface area (Å²) in [6, 6.07) is 6.83. The molecule has 7 heteroatoms. The average Bonchev–Trinajstić information content (AvgIpc) is 2.46. The molecule has 21 heavy (non-hydrogen) atoms. The van der Waals surface area contributed by atoms with Gasteiger partial charge >= 0.3 is 0 Å². The van der Waals surface area contributed by atoms with Crippen molar-refractivity contribution in [3.8, 4) is 5.75 Å². The zero-order chi connectivity index (χ0) is 15.7. The maximum atomic E-state index is 11.8. The number of benzene rings is 1. The minimum atomic E-state index is -0.0649. The fraction of sp³-hybridized carbons (Fsp3) is 0.429. The van der Waals surface area contributed by atoms with Gasteiger partial charge in [0.2, 0.25) is 5.91 Å². The summed E-state index contributed by atoms with van der Waals surface area (Å²) in [5, 5.41) is 14.0. The molecule has 0 aromatic heterocycles. The van der Waals surface area contributed by atoms with Gasteiger partial charge in [0, 0.05) is 25.8 Å². The van der Waals surface area contributed by atoms with E-state index in [0.29, 0.717) is 24.5 Å². The lowest BCUT2D eigenvalue weighted by Crippen LogP contribution is -2.20. The number of hydrogen-bond acceptors (Lipinski definition) is 5. The summed E-state index contributed by atoms with van der Waals surface area (Å²) in [4.78, 5) is 11.8. The van der Waals surface area contributed by atoms with E-state index in [4.69, 9.17) is 20.4 Å². The number of nitrogens with one attached hydrogen (secondary N) is 1. The average molecular weight is 295 g/mol. The van der Waals surface area contributed by atoms with Gasteiger partial charge in [-0.1, -0.05) is 12.1 Å². The van der Waals surface area contributed by atoms with Crippen molar-refractivity contribution < 1.29 is 19.5 Å². The zero-order valence-electron chi connectivity index (χ0n) is 12.2. The van der Waals surface area contributed by atoms with E-state index < -0.39 is 0 Å². The van der Waals surface area contributed by atoms with Crippen LogP contribution in [0, 0.1) is 5.92 Å². The van der Waals surface area contributed by atoms with Crippen LogP contribution >= 0.6 is 0 Å². The van der Waals surface area contributed by atoms with Crippen molar-refractivity contribution in [1.82, 2.24) is 0 Å². The molecule has 0 radical (unpaired) electrons. The molecular formula is C14H21N3O4. The second-order valence-electron chi connectivity index (χ2n) is 4.72. The van der Waals surface area contributed by atoms with E-state index in [0.717, 1.165) is 0 Å². The van der Waals surface area contributed by atoms with Crippen molar-refractivity contribution in [3.63, 3.8) is 0 Å². The number of rotatable bonds is 8. The van der Waals surface area contributed by atoms with Crippen LogP contribution in [0.2, 0.25) is 0 Å². The van der Waals surface area contributed by atoms with Gasteiger partial charge in [-0.15, -0.1) is 0 Å². The molecule has 1 rings (SSSR count). The van der Waals surface area contributed by atoms with Crippen molar-refractivity contribution in [2.45, 2.75) is 13.3 Å². The highest BCUT2D eigenvalue weighted by Gasteiger charge is 2.09. The van der Waals surface area contributed by atoms with Crippen LogP contribution < -0.4 is 15.8 Å². The Morgan fingerprint density at radius 1 is 1.43 bits per heavy atom. The maximum absolute atomic E-state index is 11.8. The number of amidine groups is 1. The summed E-state index contributed by atoms with van der Waals surface area (Å²) < 4.78 is 10.3. The quantitative estimate of drug-likeness (QED) is 0.291. The molecule has 0 saturated carbocycles. The molecule has 1 amide bonds. The van der Waals surface area contributed by atoms with Gasteiger partial charge in [-0.05, 0) is 30.2 Å². The van der Waals surface area contributed by atoms with Crippen molar-refractivity contribution >= 4 is 17.4 Å². The number of amides is 1. The van der Waals surface area contributed by atoms with Gasteiger partial charge in [-0.2, -0.15) is 0 Å². The van der Waals surface area contributed by atoms with Crippen molar-refractivity contribution in [2.75, 3.05) is 25.6 Å². The van der Waals surface area contributed by atoms with Crippen LogP contribution in [0.15, 0.2) is 29.4 Å². The summed E-state index contributed by atoms with van der Waals surface area (Å²) in [5.74, 6) is 0.648. The summed E-state index contributed by atoms with van der Waals surface area (Å²) >= 11 is 0. The molecule has 0 spiro atoms. The van der Waals surface area contributed by atoms with E-state index in [-0.39, 0.29) is 24.3 Å². The van der Waals surface area contributed by atoms with Crippen LogP contribution in [-0.2, 0) is 9.53 Å². The molecule has 0 aliphatic heterocycles. The molecule has 0 aliphatic carbocycles. The minimum Gasteiger partial charge on any atom is -0.486 e. The van der Waals surface area contributed by atoms with Gasteiger partial charge in [0.05, 0.1) is 0 Å². The number of nitrogens with two attached hydrogens (primary N) is 1. The smallest absolute Gasteiger partial charge is 0.224 e. The Hall–Kier alpha value is -2.28.